The standard InChI is InChI=1S/C18H22ClN5O/c1-23-7-6-20-18(23)17(13-4-8-25-9-5-13)21-10-15-12-24-11-14(19)2-3-16(24)22-15/h2-3,6-7,11-13,17,21H,4-5,8-10H2,1H3. The number of hydrogen-bond acceptors (Lipinski definition) is 4. The highest BCUT2D eigenvalue weighted by atomic mass is 35.5. The molecule has 1 atom stereocenters. The van der Waals surface area contributed by atoms with Crippen LogP contribution < -0.4 is 5.32 Å². The molecule has 0 aromatic carbocycles. The van der Waals surface area contributed by atoms with Crippen molar-refractivity contribution in [2.75, 3.05) is 13.2 Å². The first-order valence-corrected chi connectivity index (χ1v) is 9.00. The number of rotatable bonds is 5. The maximum atomic E-state index is 6.05. The van der Waals surface area contributed by atoms with Gasteiger partial charge in [0.2, 0.25) is 0 Å². The number of hydrogen-bond donors (Lipinski definition) is 1. The Morgan fingerprint density at radius 1 is 1.32 bits per heavy atom. The number of pyridine rings is 1. The van der Waals surface area contributed by atoms with Crippen molar-refractivity contribution >= 4 is 17.2 Å². The van der Waals surface area contributed by atoms with Gasteiger partial charge in [-0.15, -0.1) is 0 Å². The van der Waals surface area contributed by atoms with Gasteiger partial charge in [-0.3, -0.25) is 0 Å². The summed E-state index contributed by atoms with van der Waals surface area (Å²) in [5.41, 5.74) is 1.90. The number of nitrogens with zero attached hydrogens (tertiary/aromatic N) is 4. The van der Waals surface area contributed by atoms with Crippen molar-refractivity contribution in [2.24, 2.45) is 13.0 Å². The van der Waals surface area contributed by atoms with Crippen LogP contribution in [-0.2, 0) is 18.3 Å². The van der Waals surface area contributed by atoms with Gasteiger partial charge in [0.25, 0.3) is 0 Å². The Labute approximate surface area is 151 Å². The van der Waals surface area contributed by atoms with Crippen molar-refractivity contribution in [1.29, 1.82) is 0 Å². The summed E-state index contributed by atoms with van der Waals surface area (Å²) in [5.74, 6) is 1.58. The maximum Gasteiger partial charge on any atom is 0.137 e. The lowest BCUT2D eigenvalue weighted by atomic mass is 9.91. The molecule has 25 heavy (non-hydrogen) atoms. The van der Waals surface area contributed by atoms with Gasteiger partial charge in [-0.05, 0) is 30.9 Å². The lowest BCUT2D eigenvalue weighted by Crippen LogP contribution is -2.33. The van der Waals surface area contributed by atoms with Crippen molar-refractivity contribution in [3.05, 3.63) is 53.5 Å². The summed E-state index contributed by atoms with van der Waals surface area (Å²) in [4.78, 5) is 9.24. The third kappa shape index (κ3) is 3.56. The molecule has 4 heterocycles. The number of nitrogens with one attached hydrogen (secondary N) is 1. The lowest BCUT2D eigenvalue weighted by molar-refractivity contribution is 0.0517. The molecule has 4 rings (SSSR count). The molecule has 1 fully saturated rings. The average molecular weight is 360 g/mol. The molecule has 1 saturated heterocycles. The van der Waals surface area contributed by atoms with Crippen LogP contribution in [0.3, 0.4) is 0 Å². The molecule has 1 aliphatic rings. The van der Waals surface area contributed by atoms with E-state index in [0.717, 1.165) is 43.2 Å². The van der Waals surface area contributed by atoms with Gasteiger partial charge in [0.05, 0.1) is 16.8 Å². The molecule has 6 nitrogen and oxygen atoms in total. The Kier molecular flexibility index (Phi) is 4.74. The highest BCUT2D eigenvalue weighted by molar-refractivity contribution is 6.30. The monoisotopic (exact) mass is 359 g/mol. The lowest BCUT2D eigenvalue weighted by Gasteiger charge is -2.30. The van der Waals surface area contributed by atoms with E-state index < -0.39 is 0 Å². The van der Waals surface area contributed by atoms with Gasteiger partial charge in [-0.25, -0.2) is 9.97 Å². The molecule has 0 bridgehead atoms. The van der Waals surface area contributed by atoms with Crippen molar-refractivity contribution in [3.63, 3.8) is 0 Å². The van der Waals surface area contributed by atoms with Crippen molar-refractivity contribution in [1.82, 2.24) is 24.3 Å². The Balaban J connectivity index is 1.54. The summed E-state index contributed by atoms with van der Waals surface area (Å²) in [6, 6.07) is 3.98. The van der Waals surface area contributed by atoms with E-state index in [1.165, 1.54) is 0 Å². The summed E-state index contributed by atoms with van der Waals surface area (Å²) in [6.07, 6.45) is 9.85. The van der Waals surface area contributed by atoms with Crippen LogP contribution in [0.25, 0.3) is 5.65 Å². The highest BCUT2D eigenvalue weighted by Gasteiger charge is 2.28. The second-order valence-electron chi connectivity index (χ2n) is 6.55. The molecule has 1 aliphatic heterocycles. The number of aromatic nitrogens is 4. The zero-order valence-corrected chi connectivity index (χ0v) is 15.0. The topological polar surface area (TPSA) is 56.4 Å². The molecule has 0 amide bonds. The van der Waals surface area contributed by atoms with Gasteiger partial charge in [0.1, 0.15) is 11.5 Å². The zero-order chi connectivity index (χ0) is 17.2. The van der Waals surface area contributed by atoms with Crippen LogP contribution in [0.4, 0.5) is 0 Å². The van der Waals surface area contributed by atoms with Crippen LogP contribution in [0, 0.1) is 5.92 Å². The summed E-state index contributed by atoms with van der Waals surface area (Å²) in [7, 11) is 2.04. The van der Waals surface area contributed by atoms with Crippen LogP contribution in [0.1, 0.15) is 30.4 Å². The molecule has 0 saturated carbocycles. The third-order valence-electron chi connectivity index (χ3n) is 4.84. The highest BCUT2D eigenvalue weighted by Crippen LogP contribution is 2.29. The zero-order valence-electron chi connectivity index (χ0n) is 14.2. The van der Waals surface area contributed by atoms with Crippen molar-refractivity contribution in [2.45, 2.75) is 25.4 Å². The minimum Gasteiger partial charge on any atom is -0.381 e. The molecule has 3 aromatic heterocycles. The second kappa shape index (κ2) is 7.15. The van der Waals surface area contributed by atoms with Crippen LogP contribution >= 0.6 is 11.6 Å². The first-order chi connectivity index (χ1) is 12.2. The third-order valence-corrected chi connectivity index (χ3v) is 5.07. The predicted molar refractivity (Wildman–Crippen MR) is 96.5 cm³/mol. The first-order valence-electron chi connectivity index (χ1n) is 8.62. The Bertz CT molecular complexity index is 852. The number of fused-ring (bicyclic) bond motifs is 1. The van der Waals surface area contributed by atoms with Gasteiger partial charge in [-0.1, -0.05) is 11.6 Å². The quantitative estimate of drug-likeness (QED) is 0.761. The van der Waals surface area contributed by atoms with E-state index in [-0.39, 0.29) is 6.04 Å². The van der Waals surface area contributed by atoms with Gasteiger partial charge in [0, 0.05) is 51.6 Å². The van der Waals surface area contributed by atoms with E-state index in [0.29, 0.717) is 17.5 Å². The molecular weight excluding hydrogens is 338 g/mol. The fourth-order valence-corrected chi connectivity index (χ4v) is 3.68. The Hall–Kier alpha value is -1.89. The summed E-state index contributed by atoms with van der Waals surface area (Å²) in [6.45, 7) is 2.33. The summed E-state index contributed by atoms with van der Waals surface area (Å²) in [5, 5.41) is 4.38. The minimum atomic E-state index is 0.192. The van der Waals surface area contributed by atoms with E-state index in [1.807, 2.05) is 48.4 Å². The molecule has 0 aliphatic carbocycles. The Morgan fingerprint density at radius 3 is 2.92 bits per heavy atom. The first kappa shape index (κ1) is 16.6. The van der Waals surface area contributed by atoms with E-state index in [9.17, 15) is 0 Å². The van der Waals surface area contributed by atoms with Crippen LogP contribution in [0.2, 0.25) is 5.02 Å². The van der Waals surface area contributed by atoms with Crippen molar-refractivity contribution in [3.8, 4) is 0 Å². The number of aryl methyl sites for hydroxylation is 1. The number of imidazole rings is 2. The maximum absolute atomic E-state index is 6.05. The fraction of sp³-hybridized carbons (Fsp3) is 0.444. The van der Waals surface area contributed by atoms with Crippen LogP contribution in [0.15, 0.2) is 36.9 Å². The summed E-state index contributed by atoms with van der Waals surface area (Å²) < 4.78 is 9.58. The molecule has 3 aromatic rings. The molecular formula is C18H22ClN5O. The number of halogens is 1. The molecule has 7 heteroatoms. The van der Waals surface area contributed by atoms with Crippen LogP contribution in [0.5, 0.6) is 0 Å². The predicted octanol–water partition coefficient (Wildman–Crippen LogP) is 2.98. The van der Waals surface area contributed by atoms with Gasteiger partial charge in [0.15, 0.2) is 0 Å². The normalized spacial score (nSPS) is 17.2. The fourth-order valence-electron chi connectivity index (χ4n) is 3.51. The Morgan fingerprint density at radius 2 is 2.16 bits per heavy atom. The largest absolute Gasteiger partial charge is 0.381 e. The molecule has 132 valence electrons. The molecule has 0 radical (unpaired) electrons. The van der Waals surface area contributed by atoms with Gasteiger partial charge < -0.3 is 19.0 Å². The van der Waals surface area contributed by atoms with E-state index >= 15 is 0 Å². The number of ether oxygens (including phenoxy) is 1. The molecule has 1 N–H and O–H groups in total. The van der Waals surface area contributed by atoms with Gasteiger partial charge >= 0.3 is 0 Å². The van der Waals surface area contributed by atoms with E-state index in [4.69, 9.17) is 16.3 Å². The smallest absolute Gasteiger partial charge is 0.137 e. The molecule has 1 unspecified atom stereocenters. The van der Waals surface area contributed by atoms with E-state index in [2.05, 4.69) is 19.9 Å². The minimum absolute atomic E-state index is 0.192. The average Bonchev–Trinajstić information content (AvgIpc) is 3.22. The van der Waals surface area contributed by atoms with Crippen molar-refractivity contribution < 1.29 is 4.74 Å². The summed E-state index contributed by atoms with van der Waals surface area (Å²) >= 11 is 6.05. The molecule has 0 spiro atoms. The van der Waals surface area contributed by atoms with Gasteiger partial charge in [-0.2, -0.15) is 0 Å². The SMILES string of the molecule is Cn1ccnc1C(NCc1cn2cc(Cl)ccc2n1)C1CCOCC1. The second-order valence-corrected chi connectivity index (χ2v) is 6.99. The van der Waals surface area contributed by atoms with Crippen LogP contribution in [-0.4, -0.2) is 32.1 Å². The van der Waals surface area contributed by atoms with E-state index in [1.54, 1.807) is 0 Å².